The molecule has 0 amide bonds. The fraction of sp³-hybridized carbons (Fsp3) is 0.625. The third-order valence-corrected chi connectivity index (χ3v) is 3.84. The summed E-state index contributed by atoms with van der Waals surface area (Å²) in [6, 6.07) is 9.53. The molecule has 100 valence electrons. The van der Waals surface area contributed by atoms with Gasteiger partial charge in [-0.25, -0.2) is 0 Å². The van der Waals surface area contributed by atoms with Gasteiger partial charge in [-0.3, -0.25) is 0 Å². The van der Waals surface area contributed by atoms with Crippen LogP contribution < -0.4 is 10.2 Å². The molecule has 1 N–H and O–H groups in total. The van der Waals surface area contributed by atoms with Gasteiger partial charge in [0.1, 0.15) is 0 Å². The van der Waals surface area contributed by atoms with Crippen LogP contribution in [0.4, 0.5) is 5.69 Å². The molecule has 1 aromatic carbocycles. The van der Waals surface area contributed by atoms with Gasteiger partial charge in [-0.05, 0) is 57.3 Å². The van der Waals surface area contributed by atoms with E-state index in [0.717, 1.165) is 13.1 Å². The van der Waals surface area contributed by atoms with Crippen molar-refractivity contribution >= 4 is 5.69 Å². The molecule has 0 aromatic heterocycles. The lowest BCUT2D eigenvalue weighted by Crippen LogP contribution is -2.39. The second-order valence-corrected chi connectivity index (χ2v) is 5.31. The fourth-order valence-electron chi connectivity index (χ4n) is 2.79. The van der Waals surface area contributed by atoms with Crippen LogP contribution in [0.2, 0.25) is 0 Å². The third kappa shape index (κ3) is 3.26. The average Bonchev–Trinajstić information content (AvgIpc) is 2.43. The Balaban J connectivity index is 1.93. The van der Waals surface area contributed by atoms with E-state index in [-0.39, 0.29) is 0 Å². The van der Waals surface area contributed by atoms with E-state index in [9.17, 15) is 0 Å². The molecule has 2 heteroatoms. The Morgan fingerprint density at radius 3 is 2.94 bits per heavy atom. The molecular weight excluding hydrogens is 220 g/mol. The van der Waals surface area contributed by atoms with Gasteiger partial charge in [0, 0.05) is 18.3 Å². The highest BCUT2D eigenvalue weighted by Crippen LogP contribution is 2.28. The van der Waals surface area contributed by atoms with E-state index in [2.05, 4.69) is 48.3 Å². The predicted octanol–water partition coefficient (Wildman–Crippen LogP) is 3.22. The summed E-state index contributed by atoms with van der Waals surface area (Å²) in [5.74, 6) is 0. The molecular formula is C16H26N2. The lowest BCUT2D eigenvalue weighted by atomic mass is 9.99. The molecule has 0 saturated heterocycles. The SMILES string of the molecule is CCCNCCC(C)N1CCCc2ccccc21. The zero-order valence-corrected chi connectivity index (χ0v) is 11.8. The first-order valence-corrected chi connectivity index (χ1v) is 7.38. The lowest BCUT2D eigenvalue weighted by molar-refractivity contribution is 0.530. The zero-order valence-electron chi connectivity index (χ0n) is 11.8. The van der Waals surface area contributed by atoms with Gasteiger partial charge >= 0.3 is 0 Å². The Bertz CT molecular complexity index is 362. The molecule has 1 aromatic rings. The molecule has 0 radical (unpaired) electrons. The molecule has 1 aliphatic heterocycles. The Labute approximate surface area is 111 Å². The van der Waals surface area contributed by atoms with Gasteiger partial charge in [0.15, 0.2) is 0 Å². The van der Waals surface area contributed by atoms with Gasteiger partial charge in [-0.2, -0.15) is 0 Å². The molecule has 1 unspecified atom stereocenters. The summed E-state index contributed by atoms with van der Waals surface area (Å²) in [6.07, 6.45) is 4.99. The molecule has 0 saturated carbocycles. The number of hydrogen-bond acceptors (Lipinski definition) is 2. The van der Waals surface area contributed by atoms with Crippen molar-refractivity contribution in [2.45, 2.75) is 45.6 Å². The number of anilines is 1. The van der Waals surface area contributed by atoms with E-state index < -0.39 is 0 Å². The topological polar surface area (TPSA) is 15.3 Å². The van der Waals surface area contributed by atoms with Crippen molar-refractivity contribution < 1.29 is 0 Å². The first kappa shape index (κ1) is 13.4. The van der Waals surface area contributed by atoms with Crippen molar-refractivity contribution in [2.75, 3.05) is 24.5 Å². The van der Waals surface area contributed by atoms with E-state index in [4.69, 9.17) is 0 Å². The van der Waals surface area contributed by atoms with Gasteiger partial charge in [0.2, 0.25) is 0 Å². The van der Waals surface area contributed by atoms with E-state index in [0.29, 0.717) is 6.04 Å². The van der Waals surface area contributed by atoms with Gasteiger partial charge in [-0.15, -0.1) is 0 Å². The minimum absolute atomic E-state index is 0.635. The standard InChI is InChI=1S/C16H26N2/c1-3-11-17-12-10-14(2)18-13-6-8-15-7-4-5-9-16(15)18/h4-5,7,9,14,17H,3,6,8,10-13H2,1-2H3. The molecule has 1 atom stereocenters. The van der Waals surface area contributed by atoms with Crippen molar-refractivity contribution in [3.8, 4) is 0 Å². The minimum atomic E-state index is 0.635. The summed E-state index contributed by atoms with van der Waals surface area (Å²) in [5.41, 5.74) is 2.99. The van der Waals surface area contributed by atoms with Crippen molar-refractivity contribution in [3.63, 3.8) is 0 Å². The van der Waals surface area contributed by atoms with Crippen LogP contribution in [0.25, 0.3) is 0 Å². The zero-order chi connectivity index (χ0) is 12.8. The second-order valence-electron chi connectivity index (χ2n) is 5.31. The molecule has 0 aliphatic carbocycles. The molecule has 0 bridgehead atoms. The largest absolute Gasteiger partial charge is 0.369 e. The van der Waals surface area contributed by atoms with Crippen LogP contribution in [-0.2, 0) is 6.42 Å². The van der Waals surface area contributed by atoms with Crippen LogP contribution in [0, 0.1) is 0 Å². The molecule has 1 heterocycles. The van der Waals surface area contributed by atoms with Crippen molar-refractivity contribution in [1.82, 2.24) is 5.32 Å². The highest BCUT2D eigenvalue weighted by atomic mass is 15.2. The number of rotatable bonds is 6. The number of benzene rings is 1. The maximum Gasteiger partial charge on any atom is 0.0401 e. The van der Waals surface area contributed by atoms with Crippen LogP contribution in [0.1, 0.15) is 38.7 Å². The van der Waals surface area contributed by atoms with Crippen LogP contribution in [-0.4, -0.2) is 25.7 Å². The second kappa shape index (κ2) is 6.79. The summed E-state index contributed by atoms with van der Waals surface area (Å²) in [7, 11) is 0. The first-order valence-electron chi connectivity index (χ1n) is 7.38. The first-order chi connectivity index (χ1) is 8.83. The van der Waals surface area contributed by atoms with Crippen molar-refractivity contribution in [2.24, 2.45) is 0 Å². The van der Waals surface area contributed by atoms with Gasteiger partial charge in [0.05, 0.1) is 0 Å². The fourth-order valence-corrected chi connectivity index (χ4v) is 2.79. The summed E-state index contributed by atoms with van der Waals surface area (Å²) in [6.45, 7) is 8.07. The average molecular weight is 246 g/mol. The minimum Gasteiger partial charge on any atom is -0.369 e. The third-order valence-electron chi connectivity index (χ3n) is 3.84. The van der Waals surface area contributed by atoms with Crippen molar-refractivity contribution in [1.29, 1.82) is 0 Å². The number of para-hydroxylation sites is 1. The summed E-state index contributed by atoms with van der Waals surface area (Å²) in [5, 5.41) is 3.50. The summed E-state index contributed by atoms with van der Waals surface area (Å²) in [4.78, 5) is 2.59. The smallest absolute Gasteiger partial charge is 0.0401 e. The molecule has 0 spiro atoms. The van der Waals surface area contributed by atoms with E-state index >= 15 is 0 Å². The van der Waals surface area contributed by atoms with E-state index in [1.165, 1.54) is 43.5 Å². The van der Waals surface area contributed by atoms with E-state index in [1.54, 1.807) is 0 Å². The highest BCUT2D eigenvalue weighted by molar-refractivity contribution is 5.56. The highest BCUT2D eigenvalue weighted by Gasteiger charge is 2.20. The van der Waals surface area contributed by atoms with Gasteiger partial charge < -0.3 is 10.2 Å². The number of aryl methyl sites for hydroxylation is 1. The maximum atomic E-state index is 3.50. The Morgan fingerprint density at radius 1 is 1.28 bits per heavy atom. The lowest BCUT2D eigenvalue weighted by Gasteiger charge is -2.36. The number of fused-ring (bicyclic) bond motifs is 1. The quantitative estimate of drug-likeness (QED) is 0.775. The molecule has 0 fully saturated rings. The van der Waals surface area contributed by atoms with E-state index in [1.807, 2.05) is 0 Å². The van der Waals surface area contributed by atoms with Gasteiger partial charge in [-0.1, -0.05) is 25.1 Å². The molecule has 1 aliphatic rings. The number of nitrogens with one attached hydrogen (secondary N) is 1. The van der Waals surface area contributed by atoms with Gasteiger partial charge in [0.25, 0.3) is 0 Å². The monoisotopic (exact) mass is 246 g/mol. The predicted molar refractivity (Wildman–Crippen MR) is 79.3 cm³/mol. The van der Waals surface area contributed by atoms with Crippen LogP contribution in [0.3, 0.4) is 0 Å². The summed E-state index contributed by atoms with van der Waals surface area (Å²) < 4.78 is 0. The van der Waals surface area contributed by atoms with Crippen LogP contribution in [0.15, 0.2) is 24.3 Å². The van der Waals surface area contributed by atoms with Crippen LogP contribution in [0.5, 0.6) is 0 Å². The molecule has 2 rings (SSSR count). The Hall–Kier alpha value is -1.02. The number of nitrogens with zero attached hydrogens (tertiary/aromatic N) is 1. The Morgan fingerprint density at radius 2 is 2.11 bits per heavy atom. The number of hydrogen-bond donors (Lipinski definition) is 1. The summed E-state index contributed by atoms with van der Waals surface area (Å²) >= 11 is 0. The molecule has 2 nitrogen and oxygen atoms in total. The van der Waals surface area contributed by atoms with Crippen molar-refractivity contribution in [3.05, 3.63) is 29.8 Å². The maximum absolute atomic E-state index is 3.50. The normalized spacial score (nSPS) is 16.4. The van der Waals surface area contributed by atoms with Crippen LogP contribution >= 0.6 is 0 Å². The Kier molecular flexibility index (Phi) is 5.06. The molecule has 18 heavy (non-hydrogen) atoms.